The molecule has 0 aromatic heterocycles. The van der Waals surface area contributed by atoms with E-state index in [0.29, 0.717) is 22.7 Å². The van der Waals surface area contributed by atoms with Crippen LogP contribution in [0.15, 0.2) is 72.8 Å². The van der Waals surface area contributed by atoms with Crippen molar-refractivity contribution in [3.63, 3.8) is 0 Å². The number of hydrogen-bond donors (Lipinski definition) is 2. The summed E-state index contributed by atoms with van der Waals surface area (Å²) in [5, 5.41) is 6.17. The summed E-state index contributed by atoms with van der Waals surface area (Å²) in [4.78, 5) is 12.7. The van der Waals surface area contributed by atoms with E-state index in [-0.39, 0.29) is 5.91 Å². The van der Waals surface area contributed by atoms with E-state index in [1.54, 1.807) is 44.6 Å². The Labute approximate surface area is 152 Å². The lowest BCUT2D eigenvalue weighted by molar-refractivity contribution is 0.102. The van der Waals surface area contributed by atoms with Gasteiger partial charge in [-0.25, -0.2) is 0 Å². The van der Waals surface area contributed by atoms with Gasteiger partial charge in [0.15, 0.2) is 0 Å². The topological polar surface area (TPSA) is 59.6 Å². The molecule has 0 atom stereocenters. The zero-order valence-electron chi connectivity index (χ0n) is 14.7. The maximum atomic E-state index is 12.7. The summed E-state index contributed by atoms with van der Waals surface area (Å²) < 4.78 is 10.5. The van der Waals surface area contributed by atoms with Crippen molar-refractivity contribution < 1.29 is 14.3 Å². The summed E-state index contributed by atoms with van der Waals surface area (Å²) in [7, 11) is 3.22. The Balaban J connectivity index is 1.82. The predicted octanol–water partition coefficient (Wildman–Crippen LogP) is 4.70. The molecular weight excluding hydrogens is 328 g/mol. The molecular formula is C21H20N2O3. The standard InChI is InChI=1S/C21H20N2O3/c1-25-16-13-11-15(12-14-16)22-21(24)17-7-3-4-8-18(17)23-19-9-5-6-10-20(19)26-2/h3-14,23H,1-2H3,(H,22,24). The molecule has 26 heavy (non-hydrogen) atoms. The average Bonchev–Trinajstić information content (AvgIpc) is 2.69. The molecule has 0 aliphatic rings. The fourth-order valence-corrected chi connectivity index (χ4v) is 2.56. The Hall–Kier alpha value is -3.47. The van der Waals surface area contributed by atoms with Crippen molar-refractivity contribution in [1.29, 1.82) is 0 Å². The van der Waals surface area contributed by atoms with Gasteiger partial charge >= 0.3 is 0 Å². The molecule has 5 nitrogen and oxygen atoms in total. The Morgan fingerprint density at radius 2 is 1.42 bits per heavy atom. The molecule has 1 amide bonds. The van der Waals surface area contributed by atoms with Gasteiger partial charge in [-0.05, 0) is 48.5 Å². The van der Waals surface area contributed by atoms with Crippen LogP contribution in [0.5, 0.6) is 11.5 Å². The van der Waals surface area contributed by atoms with Crippen LogP contribution in [0.2, 0.25) is 0 Å². The molecule has 2 N–H and O–H groups in total. The molecule has 3 aromatic carbocycles. The van der Waals surface area contributed by atoms with Crippen molar-refractivity contribution >= 4 is 23.0 Å². The third kappa shape index (κ3) is 3.95. The van der Waals surface area contributed by atoms with E-state index in [0.717, 1.165) is 11.4 Å². The van der Waals surface area contributed by atoms with Crippen LogP contribution in [0.25, 0.3) is 0 Å². The molecule has 0 radical (unpaired) electrons. The number of para-hydroxylation sites is 3. The quantitative estimate of drug-likeness (QED) is 0.678. The van der Waals surface area contributed by atoms with E-state index in [2.05, 4.69) is 10.6 Å². The third-order valence-corrected chi connectivity index (χ3v) is 3.90. The molecule has 0 saturated heterocycles. The van der Waals surface area contributed by atoms with Crippen LogP contribution in [0.3, 0.4) is 0 Å². The van der Waals surface area contributed by atoms with Crippen molar-refractivity contribution in [2.24, 2.45) is 0 Å². The van der Waals surface area contributed by atoms with Gasteiger partial charge in [-0.15, -0.1) is 0 Å². The predicted molar refractivity (Wildman–Crippen MR) is 104 cm³/mol. The minimum Gasteiger partial charge on any atom is -0.497 e. The summed E-state index contributed by atoms with van der Waals surface area (Å²) in [6.45, 7) is 0. The first-order chi connectivity index (χ1) is 12.7. The number of rotatable bonds is 6. The van der Waals surface area contributed by atoms with Crippen molar-refractivity contribution in [2.75, 3.05) is 24.9 Å². The van der Waals surface area contributed by atoms with Gasteiger partial charge in [0.05, 0.1) is 31.2 Å². The number of methoxy groups -OCH3 is 2. The average molecular weight is 348 g/mol. The minimum absolute atomic E-state index is 0.201. The van der Waals surface area contributed by atoms with Gasteiger partial charge in [0, 0.05) is 5.69 Å². The summed E-state index contributed by atoms with van der Waals surface area (Å²) in [5.41, 5.74) is 2.72. The number of benzene rings is 3. The van der Waals surface area contributed by atoms with Crippen molar-refractivity contribution in [1.82, 2.24) is 0 Å². The zero-order chi connectivity index (χ0) is 18.4. The summed E-state index contributed by atoms with van der Waals surface area (Å²) in [6, 6.07) is 22.1. The Bertz CT molecular complexity index is 892. The monoisotopic (exact) mass is 348 g/mol. The Morgan fingerprint density at radius 1 is 0.769 bits per heavy atom. The van der Waals surface area contributed by atoms with Crippen LogP contribution < -0.4 is 20.1 Å². The molecule has 0 unspecified atom stereocenters. The maximum absolute atomic E-state index is 12.7. The second-order valence-corrected chi connectivity index (χ2v) is 5.55. The third-order valence-electron chi connectivity index (χ3n) is 3.90. The second-order valence-electron chi connectivity index (χ2n) is 5.55. The highest BCUT2D eigenvalue weighted by Crippen LogP contribution is 2.29. The number of carbonyl (C=O) groups excluding carboxylic acids is 1. The summed E-state index contributed by atoms with van der Waals surface area (Å²) in [6.07, 6.45) is 0. The van der Waals surface area contributed by atoms with Gasteiger partial charge in [0.1, 0.15) is 11.5 Å². The second kappa shape index (κ2) is 8.07. The first-order valence-electron chi connectivity index (χ1n) is 8.15. The molecule has 132 valence electrons. The lowest BCUT2D eigenvalue weighted by Crippen LogP contribution is -2.13. The number of ether oxygens (including phenoxy) is 2. The van der Waals surface area contributed by atoms with Gasteiger partial charge in [0.2, 0.25) is 0 Å². The van der Waals surface area contributed by atoms with Crippen molar-refractivity contribution in [2.45, 2.75) is 0 Å². The highest BCUT2D eigenvalue weighted by atomic mass is 16.5. The molecule has 3 aromatic rings. The van der Waals surface area contributed by atoms with Crippen LogP contribution in [-0.4, -0.2) is 20.1 Å². The maximum Gasteiger partial charge on any atom is 0.257 e. The molecule has 0 heterocycles. The largest absolute Gasteiger partial charge is 0.497 e. The van der Waals surface area contributed by atoms with Crippen LogP contribution in [0.4, 0.5) is 17.1 Å². The van der Waals surface area contributed by atoms with Gasteiger partial charge in [-0.2, -0.15) is 0 Å². The molecule has 0 bridgehead atoms. The van der Waals surface area contributed by atoms with Gasteiger partial charge < -0.3 is 20.1 Å². The van der Waals surface area contributed by atoms with E-state index >= 15 is 0 Å². The Morgan fingerprint density at radius 3 is 2.12 bits per heavy atom. The first-order valence-corrected chi connectivity index (χ1v) is 8.15. The van der Waals surface area contributed by atoms with E-state index in [9.17, 15) is 4.79 Å². The molecule has 3 rings (SSSR count). The van der Waals surface area contributed by atoms with Gasteiger partial charge in [0.25, 0.3) is 5.91 Å². The summed E-state index contributed by atoms with van der Waals surface area (Å²) in [5.74, 6) is 1.24. The van der Waals surface area contributed by atoms with Crippen LogP contribution in [0.1, 0.15) is 10.4 Å². The number of hydrogen-bond acceptors (Lipinski definition) is 4. The van der Waals surface area contributed by atoms with Gasteiger partial charge in [-0.1, -0.05) is 24.3 Å². The van der Waals surface area contributed by atoms with E-state index < -0.39 is 0 Å². The smallest absolute Gasteiger partial charge is 0.257 e. The fraction of sp³-hybridized carbons (Fsp3) is 0.0952. The molecule has 0 aliphatic carbocycles. The van der Waals surface area contributed by atoms with Crippen LogP contribution >= 0.6 is 0 Å². The van der Waals surface area contributed by atoms with E-state index in [4.69, 9.17) is 9.47 Å². The number of carbonyl (C=O) groups is 1. The highest BCUT2D eigenvalue weighted by Gasteiger charge is 2.13. The SMILES string of the molecule is COc1ccc(NC(=O)c2ccccc2Nc2ccccc2OC)cc1. The van der Waals surface area contributed by atoms with Crippen molar-refractivity contribution in [3.8, 4) is 11.5 Å². The molecule has 0 fully saturated rings. The number of anilines is 3. The highest BCUT2D eigenvalue weighted by molar-refractivity contribution is 6.08. The molecule has 5 heteroatoms. The normalized spacial score (nSPS) is 10.1. The Kier molecular flexibility index (Phi) is 5.39. The molecule has 0 aliphatic heterocycles. The van der Waals surface area contributed by atoms with Gasteiger partial charge in [-0.3, -0.25) is 4.79 Å². The molecule has 0 spiro atoms. The van der Waals surface area contributed by atoms with Crippen LogP contribution in [-0.2, 0) is 0 Å². The lowest BCUT2D eigenvalue weighted by Gasteiger charge is -2.14. The first kappa shape index (κ1) is 17.4. The van der Waals surface area contributed by atoms with E-state index in [1.807, 2.05) is 42.5 Å². The van der Waals surface area contributed by atoms with Crippen LogP contribution in [0, 0.1) is 0 Å². The number of nitrogens with one attached hydrogen (secondary N) is 2. The zero-order valence-corrected chi connectivity index (χ0v) is 14.7. The minimum atomic E-state index is -0.201. The summed E-state index contributed by atoms with van der Waals surface area (Å²) >= 11 is 0. The molecule has 0 saturated carbocycles. The fourth-order valence-electron chi connectivity index (χ4n) is 2.56. The van der Waals surface area contributed by atoms with E-state index in [1.165, 1.54) is 0 Å². The number of amides is 1. The van der Waals surface area contributed by atoms with Crippen molar-refractivity contribution in [3.05, 3.63) is 78.4 Å². The lowest BCUT2D eigenvalue weighted by atomic mass is 10.1.